The molecule has 1 N–H and O–H groups in total. The van der Waals surface area contributed by atoms with Gasteiger partial charge >= 0.3 is 11.9 Å². The van der Waals surface area contributed by atoms with Crippen molar-refractivity contribution >= 4 is 11.9 Å². The highest BCUT2D eigenvalue weighted by molar-refractivity contribution is 5.70. The Bertz CT molecular complexity index is 1270. The molecule has 5 heteroatoms. The van der Waals surface area contributed by atoms with Crippen molar-refractivity contribution in [1.29, 1.82) is 0 Å². The molecule has 0 spiro atoms. The summed E-state index contributed by atoms with van der Waals surface area (Å²) >= 11 is 0. The van der Waals surface area contributed by atoms with Crippen LogP contribution in [0.25, 0.3) is 0 Å². The van der Waals surface area contributed by atoms with Crippen molar-refractivity contribution < 1.29 is 24.2 Å². The van der Waals surface area contributed by atoms with E-state index in [1.165, 1.54) is 180 Å². The van der Waals surface area contributed by atoms with Crippen LogP contribution in [0.4, 0.5) is 0 Å². The van der Waals surface area contributed by atoms with E-state index < -0.39 is 6.10 Å². The molecule has 0 bridgehead atoms. The Morgan fingerprint density at radius 2 is 0.623 bits per heavy atom. The number of hydrogen-bond acceptors (Lipinski definition) is 5. The van der Waals surface area contributed by atoms with Gasteiger partial charge in [-0.2, -0.15) is 0 Å². The number of carbonyl (C=O) groups is 2. The normalized spacial score (nSPS) is 12.8. The molecular weight excluding hydrogens is 849 g/mol. The zero-order valence-electron chi connectivity index (χ0n) is 45.6. The SMILES string of the molecule is CC/C=C\C/C=C\C/C=C\C/C=C\C/C=C\CCCCCCCCCCCCCCCCCCCCCCCC(=O)OC(CO)COC(=O)CCCCCCCCC/C=C\C/C=C\CCCCCC. The second-order valence-electron chi connectivity index (χ2n) is 19.7. The number of allylic oxidation sites excluding steroid dienone is 14. The lowest BCUT2D eigenvalue weighted by Crippen LogP contribution is -2.28. The number of esters is 2. The molecule has 0 rings (SSSR count). The molecule has 69 heavy (non-hydrogen) atoms. The molecule has 0 aromatic heterocycles. The lowest BCUT2D eigenvalue weighted by molar-refractivity contribution is -0.161. The second-order valence-corrected chi connectivity index (χ2v) is 19.7. The Hall–Kier alpha value is -2.92. The number of carbonyl (C=O) groups excluding carboxylic acids is 2. The molecule has 398 valence electrons. The summed E-state index contributed by atoms with van der Waals surface area (Å²) in [6.07, 6.45) is 82.9. The number of unbranched alkanes of at least 4 members (excludes halogenated alkanes) is 32. The first kappa shape index (κ1) is 66.1. The topological polar surface area (TPSA) is 72.8 Å². The summed E-state index contributed by atoms with van der Waals surface area (Å²) in [4.78, 5) is 24.5. The largest absolute Gasteiger partial charge is 0.462 e. The predicted molar refractivity (Wildman–Crippen MR) is 302 cm³/mol. The van der Waals surface area contributed by atoms with Gasteiger partial charge in [0, 0.05) is 12.8 Å². The molecule has 0 aliphatic rings. The monoisotopic (exact) mass is 961 g/mol. The second kappa shape index (κ2) is 59.4. The third kappa shape index (κ3) is 57.5. The van der Waals surface area contributed by atoms with Crippen LogP contribution in [0.2, 0.25) is 0 Å². The Morgan fingerprint density at radius 1 is 0.348 bits per heavy atom. The van der Waals surface area contributed by atoms with Crippen molar-refractivity contribution in [2.45, 2.75) is 296 Å². The first-order valence-electron chi connectivity index (χ1n) is 29.6. The van der Waals surface area contributed by atoms with Gasteiger partial charge in [-0.25, -0.2) is 0 Å². The van der Waals surface area contributed by atoms with Crippen molar-refractivity contribution in [1.82, 2.24) is 0 Å². The van der Waals surface area contributed by atoms with Gasteiger partial charge in [-0.3, -0.25) is 9.59 Å². The fourth-order valence-corrected chi connectivity index (χ4v) is 8.50. The summed E-state index contributed by atoms with van der Waals surface area (Å²) in [6, 6.07) is 0. The van der Waals surface area contributed by atoms with E-state index >= 15 is 0 Å². The van der Waals surface area contributed by atoms with Crippen LogP contribution in [0.15, 0.2) is 85.1 Å². The van der Waals surface area contributed by atoms with Gasteiger partial charge in [0.15, 0.2) is 6.10 Å². The third-order valence-corrected chi connectivity index (χ3v) is 12.9. The molecule has 0 radical (unpaired) electrons. The molecule has 0 heterocycles. The van der Waals surface area contributed by atoms with E-state index in [1.807, 2.05) is 0 Å². The van der Waals surface area contributed by atoms with Crippen molar-refractivity contribution in [3.05, 3.63) is 85.1 Å². The lowest BCUT2D eigenvalue weighted by Gasteiger charge is -2.15. The summed E-state index contributed by atoms with van der Waals surface area (Å²) in [5.41, 5.74) is 0. The van der Waals surface area contributed by atoms with Gasteiger partial charge in [-0.05, 0) is 89.9 Å². The molecule has 0 aromatic rings. The zero-order valence-corrected chi connectivity index (χ0v) is 45.6. The van der Waals surface area contributed by atoms with E-state index in [-0.39, 0.29) is 25.2 Å². The maximum absolute atomic E-state index is 12.3. The molecular formula is C64H112O5. The fraction of sp³-hybridized carbons (Fsp3) is 0.750. The molecule has 0 aromatic carbocycles. The van der Waals surface area contributed by atoms with Gasteiger partial charge in [0.1, 0.15) is 6.61 Å². The number of aliphatic hydroxyl groups is 1. The quantitative estimate of drug-likeness (QED) is 0.0374. The Morgan fingerprint density at radius 3 is 0.942 bits per heavy atom. The van der Waals surface area contributed by atoms with Crippen LogP contribution < -0.4 is 0 Å². The molecule has 0 fully saturated rings. The highest BCUT2D eigenvalue weighted by Gasteiger charge is 2.16. The van der Waals surface area contributed by atoms with Gasteiger partial charge in [-0.1, -0.05) is 272 Å². The molecule has 1 unspecified atom stereocenters. The maximum Gasteiger partial charge on any atom is 0.306 e. The van der Waals surface area contributed by atoms with Crippen LogP contribution in [0.3, 0.4) is 0 Å². The van der Waals surface area contributed by atoms with Gasteiger partial charge in [-0.15, -0.1) is 0 Å². The number of rotatable bonds is 54. The first-order chi connectivity index (χ1) is 34.1. The van der Waals surface area contributed by atoms with Crippen molar-refractivity contribution in [3.63, 3.8) is 0 Å². The summed E-state index contributed by atoms with van der Waals surface area (Å²) < 4.78 is 10.7. The average Bonchev–Trinajstić information content (AvgIpc) is 3.35. The summed E-state index contributed by atoms with van der Waals surface area (Å²) in [5.74, 6) is -0.590. The maximum atomic E-state index is 12.3. The van der Waals surface area contributed by atoms with Crippen LogP contribution in [0, 0.1) is 0 Å². The Balaban J connectivity index is 3.44. The van der Waals surface area contributed by atoms with Gasteiger partial charge < -0.3 is 14.6 Å². The van der Waals surface area contributed by atoms with E-state index in [1.54, 1.807) is 0 Å². The lowest BCUT2D eigenvalue weighted by atomic mass is 10.0. The zero-order chi connectivity index (χ0) is 49.9. The van der Waals surface area contributed by atoms with Crippen LogP contribution in [-0.2, 0) is 19.1 Å². The number of hydrogen-bond donors (Lipinski definition) is 1. The highest BCUT2D eigenvalue weighted by Crippen LogP contribution is 2.17. The Labute approximate surface area is 428 Å². The summed E-state index contributed by atoms with van der Waals surface area (Å²) in [7, 11) is 0. The van der Waals surface area contributed by atoms with Crippen LogP contribution in [-0.4, -0.2) is 36.4 Å². The average molecular weight is 962 g/mol. The van der Waals surface area contributed by atoms with E-state index in [4.69, 9.17) is 9.47 Å². The molecule has 0 aliphatic heterocycles. The van der Waals surface area contributed by atoms with E-state index in [0.717, 1.165) is 83.5 Å². The van der Waals surface area contributed by atoms with Crippen molar-refractivity contribution in [3.8, 4) is 0 Å². The van der Waals surface area contributed by atoms with Crippen LogP contribution in [0.5, 0.6) is 0 Å². The van der Waals surface area contributed by atoms with Crippen LogP contribution >= 0.6 is 0 Å². The molecule has 0 aliphatic carbocycles. The third-order valence-electron chi connectivity index (χ3n) is 12.9. The molecule has 1 atom stereocenters. The van der Waals surface area contributed by atoms with Gasteiger partial charge in [0.05, 0.1) is 6.61 Å². The summed E-state index contributed by atoms with van der Waals surface area (Å²) in [5, 5.41) is 9.65. The van der Waals surface area contributed by atoms with Crippen molar-refractivity contribution in [2.24, 2.45) is 0 Å². The van der Waals surface area contributed by atoms with E-state index in [9.17, 15) is 14.7 Å². The molecule has 0 amide bonds. The predicted octanol–water partition coefficient (Wildman–Crippen LogP) is 20.1. The number of aliphatic hydroxyl groups excluding tert-OH is 1. The fourth-order valence-electron chi connectivity index (χ4n) is 8.50. The molecule has 0 saturated carbocycles. The molecule has 0 saturated heterocycles. The highest BCUT2D eigenvalue weighted by atomic mass is 16.6. The first-order valence-corrected chi connectivity index (χ1v) is 29.6. The van der Waals surface area contributed by atoms with Crippen molar-refractivity contribution in [2.75, 3.05) is 13.2 Å². The van der Waals surface area contributed by atoms with E-state index in [0.29, 0.717) is 12.8 Å². The minimum atomic E-state index is -0.777. The molecule has 5 nitrogen and oxygen atoms in total. The van der Waals surface area contributed by atoms with Gasteiger partial charge in [0.25, 0.3) is 0 Å². The van der Waals surface area contributed by atoms with E-state index in [2.05, 4.69) is 98.9 Å². The smallest absolute Gasteiger partial charge is 0.306 e. The Kier molecular flexibility index (Phi) is 56.9. The summed E-state index contributed by atoms with van der Waals surface area (Å²) in [6.45, 7) is 4.03. The number of ether oxygens (including phenoxy) is 2. The van der Waals surface area contributed by atoms with Gasteiger partial charge in [0.2, 0.25) is 0 Å². The minimum absolute atomic E-state index is 0.0693. The van der Waals surface area contributed by atoms with Crippen LogP contribution in [0.1, 0.15) is 290 Å². The standard InChI is InChI=1S/C64H112O5/c1-3-5-7-9-11-13-15-17-19-21-23-24-25-26-27-28-29-30-31-32-33-34-35-36-37-38-39-40-41-43-45-47-49-51-53-55-57-59-64(67)69-62(60-65)61-68-63(66)58-56-54-52-50-48-46-44-42-22-20-18-16-14-12-10-8-6-4-2/h5,7,11,13-14,16-17,19-20,22-24,26-27,62,65H,3-4,6,8-10,12,15,18,21,25,28-61H2,1-2H3/b7-5-,13-11-,16-14-,19-17-,22-20-,24-23-,27-26-. The minimum Gasteiger partial charge on any atom is -0.462 e.